The van der Waals surface area contributed by atoms with Crippen LogP contribution in [0.4, 0.5) is 0 Å². The first-order valence-electron chi connectivity index (χ1n) is 6.77. The first-order chi connectivity index (χ1) is 10.3. The van der Waals surface area contributed by atoms with E-state index in [1.807, 2.05) is 42.5 Å². The third-order valence-electron chi connectivity index (χ3n) is 3.40. The van der Waals surface area contributed by atoms with E-state index < -0.39 is 0 Å². The van der Waals surface area contributed by atoms with Gasteiger partial charge < -0.3 is 14.0 Å². The summed E-state index contributed by atoms with van der Waals surface area (Å²) in [4.78, 5) is 0. The fourth-order valence-electron chi connectivity index (χ4n) is 2.29. The van der Waals surface area contributed by atoms with Crippen LogP contribution in [0, 0.1) is 0 Å². The van der Waals surface area contributed by atoms with Crippen LogP contribution in [-0.2, 0) is 6.54 Å². The van der Waals surface area contributed by atoms with Gasteiger partial charge in [0.1, 0.15) is 18.1 Å². The molecule has 0 radical (unpaired) electrons. The largest absolute Gasteiger partial charge is 0.497 e. The first kappa shape index (κ1) is 13.8. The van der Waals surface area contributed by atoms with Gasteiger partial charge in [0.25, 0.3) is 0 Å². The summed E-state index contributed by atoms with van der Waals surface area (Å²) in [6, 6.07) is 15.6. The van der Waals surface area contributed by atoms with Crippen molar-refractivity contribution >= 4 is 22.5 Å². The van der Waals surface area contributed by atoms with Gasteiger partial charge in [0.2, 0.25) is 0 Å². The summed E-state index contributed by atoms with van der Waals surface area (Å²) < 4.78 is 13.0. The van der Waals surface area contributed by atoms with Crippen molar-refractivity contribution in [2.45, 2.75) is 6.54 Å². The lowest BCUT2D eigenvalue weighted by Gasteiger charge is -2.09. The second-order valence-corrected chi connectivity index (χ2v) is 5.17. The zero-order chi connectivity index (χ0) is 14.7. The van der Waals surface area contributed by atoms with Gasteiger partial charge in [-0.05, 0) is 47.9 Å². The minimum absolute atomic E-state index is 0.600. The minimum atomic E-state index is 0.600. The van der Waals surface area contributed by atoms with Crippen molar-refractivity contribution in [3.63, 3.8) is 0 Å². The molecule has 3 aromatic rings. The molecule has 0 N–H and O–H groups in total. The predicted molar refractivity (Wildman–Crippen MR) is 85.4 cm³/mol. The molecule has 0 aliphatic heterocycles. The highest BCUT2D eigenvalue weighted by Gasteiger charge is 2.02. The molecule has 4 heteroatoms. The summed E-state index contributed by atoms with van der Waals surface area (Å²) >= 11 is 6.05. The molecule has 0 aliphatic carbocycles. The third kappa shape index (κ3) is 3.14. The van der Waals surface area contributed by atoms with Gasteiger partial charge in [0, 0.05) is 16.7 Å². The molecule has 0 saturated heterocycles. The van der Waals surface area contributed by atoms with Gasteiger partial charge in [-0.2, -0.15) is 0 Å². The van der Waals surface area contributed by atoms with Crippen molar-refractivity contribution < 1.29 is 9.47 Å². The Morgan fingerprint density at radius 1 is 1.00 bits per heavy atom. The second-order valence-electron chi connectivity index (χ2n) is 4.74. The van der Waals surface area contributed by atoms with Crippen LogP contribution in [0.15, 0.2) is 54.7 Å². The SMILES string of the molecule is COc1ccc(OCCn2ccc3ccc(Cl)cc32)cc1. The predicted octanol–water partition coefficient (Wildman–Crippen LogP) is 4.38. The molecule has 0 bridgehead atoms. The molecule has 1 heterocycles. The van der Waals surface area contributed by atoms with Crippen molar-refractivity contribution in [1.82, 2.24) is 4.57 Å². The smallest absolute Gasteiger partial charge is 0.119 e. The zero-order valence-electron chi connectivity index (χ0n) is 11.8. The normalized spacial score (nSPS) is 10.8. The molecule has 0 fully saturated rings. The Morgan fingerprint density at radius 3 is 2.52 bits per heavy atom. The number of halogens is 1. The maximum Gasteiger partial charge on any atom is 0.119 e. The highest BCUT2D eigenvalue weighted by Crippen LogP contribution is 2.21. The summed E-state index contributed by atoms with van der Waals surface area (Å²) in [5.41, 5.74) is 1.13. The van der Waals surface area contributed by atoms with Gasteiger partial charge >= 0.3 is 0 Å². The van der Waals surface area contributed by atoms with Crippen LogP contribution in [0.1, 0.15) is 0 Å². The van der Waals surface area contributed by atoms with Crippen molar-refractivity contribution in [3.05, 3.63) is 59.8 Å². The van der Waals surface area contributed by atoms with Crippen LogP contribution in [-0.4, -0.2) is 18.3 Å². The van der Waals surface area contributed by atoms with Crippen LogP contribution in [0.5, 0.6) is 11.5 Å². The molecule has 0 atom stereocenters. The Morgan fingerprint density at radius 2 is 1.76 bits per heavy atom. The van der Waals surface area contributed by atoms with Gasteiger partial charge in [-0.3, -0.25) is 0 Å². The van der Waals surface area contributed by atoms with E-state index in [0.717, 1.165) is 28.6 Å². The molecule has 1 aromatic heterocycles. The molecule has 0 spiro atoms. The van der Waals surface area contributed by atoms with E-state index in [4.69, 9.17) is 21.1 Å². The van der Waals surface area contributed by atoms with Gasteiger partial charge in [-0.1, -0.05) is 17.7 Å². The van der Waals surface area contributed by atoms with E-state index >= 15 is 0 Å². The molecule has 0 amide bonds. The molecule has 3 rings (SSSR count). The molecule has 2 aromatic carbocycles. The summed E-state index contributed by atoms with van der Waals surface area (Å²) in [6.07, 6.45) is 2.05. The molecule has 0 aliphatic rings. The number of ether oxygens (including phenoxy) is 2. The average molecular weight is 302 g/mol. The number of fused-ring (bicyclic) bond motifs is 1. The standard InChI is InChI=1S/C17H16ClNO2/c1-20-15-4-6-16(7-5-15)21-11-10-19-9-8-13-2-3-14(18)12-17(13)19/h2-9,12H,10-11H2,1H3. The van der Waals surface area contributed by atoms with E-state index in [1.54, 1.807) is 7.11 Å². The van der Waals surface area contributed by atoms with Gasteiger partial charge in [0.15, 0.2) is 0 Å². The second kappa shape index (κ2) is 6.10. The Bertz CT molecular complexity index is 734. The van der Waals surface area contributed by atoms with E-state index in [9.17, 15) is 0 Å². The monoisotopic (exact) mass is 301 g/mol. The minimum Gasteiger partial charge on any atom is -0.497 e. The lowest BCUT2D eigenvalue weighted by molar-refractivity contribution is 0.300. The van der Waals surface area contributed by atoms with E-state index in [1.165, 1.54) is 5.39 Å². The number of nitrogens with zero attached hydrogens (tertiary/aromatic N) is 1. The Kier molecular flexibility index (Phi) is 4.02. The van der Waals surface area contributed by atoms with Crippen molar-refractivity contribution in [2.24, 2.45) is 0 Å². The van der Waals surface area contributed by atoms with Crippen molar-refractivity contribution in [1.29, 1.82) is 0 Å². The van der Waals surface area contributed by atoms with E-state index in [-0.39, 0.29) is 0 Å². The summed E-state index contributed by atoms with van der Waals surface area (Å²) in [5.74, 6) is 1.67. The number of hydrogen-bond acceptors (Lipinski definition) is 2. The number of hydrogen-bond donors (Lipinski definition) is 0. The van der Waals surface area contributed by atoms with Crippen LogP contribution in [0.3, 0.4) is 0 Å². The lowest BCUT2D eigenvalue weighted by atomic mass is 10.2. The molecule has 0 unspecified atom stereocenters. The average Bonchev–Trinajstić information content (AvgIpc) is 2.90. The van der Waals surface area contributed by atoms with Crippen LogP contribution in [0.25, 0.3) is 10.9 Å². The molecule has 3 nitrogen and oxygen atoms in total. The van der Waals surface area contributed by atoms with E-state index in [2.05, 4.69) is 16.8 Å². The lowest BCUT2D eigenvalue weighted by Crippen LogP contribution is -2.07. The van der Waals surface area contributed by atoms with Crippen molar-refractivity contribution in [2.75, 3.05) is 13.7 Å². The number of benzene rings is 2. The highest BCUT2D eigenvalue weighted by atomic mass is 35.5. The Hall–Kier alpha value is -2.13. The fraction of sp³-hybridized carbons (Fsp3) is 0.176. The summed E-state index contributed by atoms with van der Waals surface area (Å²) in [6.45, 7) is 1.37. The number of methoxy groups -OCH3 is 1. The third-order valence-corrected chi connectivity index (χ3v) is 3.63. The summed E-state index contributed by atoms with van der Waals surface area (Å²) in [7, 11) is 1.65. The van der Waals surface area contributed by atoms with Crippen LogP contribution >= 0.6 is 11.6 Å². The van der Waals surface area contributed by atoms with Crippen LogP contribution < -0.4 is 9.47 Å². The van der Waals surface area contributed by atoms with Gasteiger partial charge in [-0.15, -0.1) is 0 Å². The van der Waals surface area contributed by atoms with Crippen LogP contribution in [0.2, 0.25) is 5.02 Å². The summed E-state index contributed by atoms with van der Waals surface area (Å²) in [5, 5.41) is 1.93. The topological polar surface area (TPSA) is 23.4 Å². The number of aromatic nitrogens is 1. The fourth-order valence-corrected chi connectivity index (χ4v) is 2.45. The van der Waals surface area contributed by atoms with Gasteiger partial charge in [-0.25, -0.2) is 0 Å². The Balaban J connectivity index is 1.64. The van der Waals surface area contributed by atoms with Gasteiger partial charge in [0.05, 0.1) is 13.7 Å². The molecular formula is C17H16ClNO2. The maximum atomic E-state index is 6.05. The van der Waals surface area contributed by atoms with Crippen molar-refractivity contribution in [3.8, 4) is 11.5 Å². The molecule has 0 saturated carbocycles. The van der Waals surface area contributed by atoms with E-state index in [0.29, 0.717) is 6.61 Å². The number of rotatable bonds is 5. The molecular weight excluding hydrogens is 286 g/mol. The molecule has 108 valence electrons. The molecule has 21 heavy (non-hydrogen) atoms. The maximum absolute atomic E-state index is 6.05. The Labute approximate surface area is 128 Å². The highest BCUT2D eigenvalue weighted by molar-refractivity contribution is 6.31. The first-order valence-corrected chi connectivity index (χ1v) is 7.15. The zero-order valence-corrected chi connectivity index (χ0v) is 12.5. The quantitative estimate of drug-likeness (QED) is 0.698.